The van der Waals surface area contributed by atoms with E-state index in [4.69, 9.17) is 14.2 Å². The van der Waals surface area contributed by atoms with Gasteiger partial charge in [-0.1, -0.05) is 29.5 Å². The Balaban J connectivity index is 1.56. The lowest BCUT2D eigenvalue weighted by atomic mass is 10.0. The number of hydrogen-bond acceptors (Lipinski definition) is 8. The van der Waals surface area contributed by atoms with E-state index in [1.807, 2.05) is 43.5 Å². The number of carbonyl (C=O) groups is 1. The molecule has 0 radical (unpaired) electrons. The number of methoxy groups -OCH3 is 1. The van der Waals surface area contributed by atoms with Crippen molar-refractivity contribution in [1.29, 1.82) is 0 Å². The quantitative estimate of drug-likeness (QED) is 0.278. The molecule has 4 aromatic rings. The van der Waals surface area contributed by atoms with Crippen LogP contribution in [0.15, 0.2) is 52.3 Å². The molecule has 234 valence electrons. The van der Waals surface area contributed by atoms with Crippen LogP contribution < -0.4 is 16.0 Å². The highest BCUT2D eigenvalue weighted by molar-refractivity contribution is 7.21. The second-order valence-electron chi connectivity index (χ2n) is 11.9. The average molecular weight is 622 g/mol. The van der Waals surface area contributed by atoms with E-state index in [0.717, 1.165) is 40.8 Å². The molecule has 1 aromatic carbocycles. The summed E-state index contributed by atoms with van der Waals surface area (Å²) < 4.78 is 22.5. The van der Waals surface area contributed by atoms with Crippen LogP contribution >= 0.6 is 11.3 Å². The van der Waals surface area contributed by atoms with Crippen LogP contribution in [-0.2, 0) is 26.4 Å². The van der Waals surface area contributed by atoms with Crippen molar-refractivity contribution in [3.63, 3.8) is 0 Å². The lowest BCUT2D eigenvalue weighted by molar-refractivity contribution is -0.138. The number of hydrogen-bond donors (Lipinski definition) is 0. The minimum atomic E-state index is -1.41. The lowest BCUT2D eigenvalue weighted by Crippen LogP contribution is -2.56. The van der Waals surface area contributed by atoms with Gasteiger partial charge in [0.2, 0.25) is 5.91 Å². The summed E-state index contributed by atoms with van der Waals surface area (Å²) in [4.78, 5) is 45.1. The van der Waals surface area contributed by atoms with Gasteiger partial charge in [-0.2, -0.15) is 5.10 Å². The SMILES string of the molecule is COc1ccccc1[C@H](Cn1c(=O)n(C(C)(C)C(=O)N2CCCC2)c(=O)c2c(C)c(-n3cccn3)sc21)OC1CCOCC1. The third-order valence-corrected chi connectivity index (χ3v) is 10.0. The van der Waals surface area contributed by atoms with E-state index in [2.05, 4.69) is 5.10 Å². The predicted molar refractivity (Wildman–Crippen MR) is 168 cm³/mol. The third kappa shape index (κ3) is 5.39. The van der Waals surface area contributed by atoms with E-state index in [-0.39, 0.29) is 18.6 Å². The Bertz CT molecular complexity index is 1760. The second-order valence-corrected chi connectivity index (χ2v) is 12.9. The summed E-state index contributed by atoms with van der Waals surface area (Å²) in [6.07, 6.45) is 6.10. The maximum absolute atomic E-state index is 14.6. The van der Waals surface area contributed by atoms with Gasteiger partial charge in [-0.05, 0) is 58.6 Å². The largest absolute Gasteiger partial charge is 0.496 e. The van der Waals surface area contributed by atoms with E-state index in [0.29, 0.717) is 47.8 Å². The molecule has 44 heavy (non-hydrogen) atoms. The van der Waals surface area contributed by atoms with Gasteiger partial charge in [0.15, 0.2) is 0 Å². The zero-order valence-corrected chi connectivity index (χ0v) is 26.5. The summed E-state index contributed by atoms with van der Waals surface area (Å²) in [5.74, 6) is 0.409. The van der Waals surface area contributed by atoms with E-state index < -0.39 is 22.9 Å². The van der Waals surface area contributed by atoms with Crippen LogP contribution in [-0.4, -0.2) is 69.2 Å². The van der Waals surface area contributed by atoms with Gasteiger partial charge in [0.05, 0.1) is 25.1 Å². The van der Waals surface area contributed by atoms with Crippen molar-refractivity contribution in [3.05, 3.63) is 74.7 Å². The van der Waals surface area contributed by atoms with Gasteiger partial charge >= 0.3 is 5.69 Å². The first-order valence-electron chi connectivity index (χ1n) is 15.2. The molecular formula is C32H39N5O6S. The first-order chi connectivity index (χ1) is 21.2. The molecule has 2 aliphatic rings. The number of amides is 1. The van der Waals surface area contributed by atoms with Crippen molar-refractivity contribution in [2.24, 2.45) is 0 Å². The molecule has 0 saturated carbocycles. The fraction of sp³-hybridized carbons (Fsp3) is 0.500. The molecule has 0 bridgehead atoms. The Hall–Kier alpha value is -3.74. The third-order valence-electron chi connectivity index (χ3n) is 8.73. The highest BCUT2D eigenvalue weighted by atomic mass is 32.1. The van der Waals surface area contributed by atoms with Crippen LogP contribution in [0.4, 0.5) is 0 Å². The zero-order chi connectivity index (χ0) is 31.0. The molecule has 6 rings (SSSR count). The fourth-order valence-corrected chi connectivity index (χ4v) is 7.60. The average Bonchev–Trinajstić information content (AvgIpc) is 3.81. The topological polar surface area (TPSA) is 110 Å². The number of likely N-dealkylation sites (tertiary alicyclic amines) is 1. The van der Waals surface area contributed by atoms with Crippen molar-refractivity contribution in [3.8, 4) is 10.8 Å². The number of para-hydroxylation sites is 1. The minimum Gasteiger partial charge on any atom is -0.496 e. The van der Waals surface area contributed by atoms with Crippen molar-refractivity contribution in [1.82, 2.24) is 23.8 Å². The minimum absolute atomic E-state index is 0.0753. The molecule has 11 nitrogen and oxygen atoms in total. The number of benzene rings is 1. The molecule has 2 saturated heterocycles. The number of carbonyl (C=O) groups excluding carboxylic acids is 1. The molecule has 0 aliphatic carbocycles. The van der Waals surface area contributed by atoms with E-state index >= 15 is 0 Å². The van der Waals surface area contributed by atoms with Crippen LogP contribution in [0.2, 0.25) is 0 Å². The Morgan fingerprint density at radius 3 is 2.55 bits per heavy atom. The molecule has 0 unspecified atom stereocenters. The summed E-state index contributed by atoms with van der Waals surface area (Å²) in [6.45, 7) is 7.73. The maximum Gasteiger partial charge on any atom is 0.333 e. The summed E-state index contributed by atoms with van der Waals surface area (Å²) in [5.41, 5.74) is -0.943. The highest BCUT2D eigenvalue weighted by Crippen LogP contribution is 2.35. The number of thiophene rings is 1. The highest BCUT2D eigenvalue weighted by Gasteiger charge is 2.39. The fourth-order valence-electron chi connectivity index (χ4n) is 6.36. The smallest absolute Gasteiger partial charge is 0.333 e. The zero-order valence-electron chi connectivity index (χ0n) is 25.7. The molecule has 2 aliphatic heterocycles. The standard InChI is InChI=1S/C32H39N5O6S/c1-21-26-27(38)37(32(2,3)30(39)34-15-7-8-16-34)31(40)35(29(26)44-28(21)36-17-9-14-33-36)20-25(43-22-12-18-42-19-13-22)23-10-5-6-11-24(23)41-4/h5-6,9-11,14,17,22,25H,7-8,12-13,15-16,18-20H2,1-4H3/t25-/m0/s1. The molecule has 12 heteroatoms. The van der Waals surface area contributed by atoms with Gasteiger partial charge < -0.3 is 19.1 Å². The molecule has 0 N–H and O–H groups in total. The van der Waals surface area contributed by atoms with Gasteiger partial charge in [0.1, 0.15) is 27.2 Å². The van der Waals surface area contributed by atoms with Gasteiger partial charge in [-0.25, -0.2) is 14.0 Å². The second kappa shape index (κ2) is 12.3. The molecule has 5 heterocycles. The molecule has 1 amide bonds. The number of nitrogens with zero attached hydrogens (tertiary/aromatic N) is 5. The summed E-state index contributed by atoms with van der Waals surface area (Å²) in [5, 5.41) is 5.53. The Labute approximate surface area is 259 Å². The number of aryl methyl sites for hydroxylation is 1. The van der Waals surface area contributed by atoms with Gasteiger partial charge in [-0.15, -0.1) is 0 Å². The van der Waals surface area contributed by atoms with Crippen molar-refractivity contribution >= 4 is 27.5 Å². The Kier molecular flexibility index (Phi) is 8.49. The number of fused-ring (bicyclic) bond motifs is 1. The maximum atomic E-state index is 14.6. The van der Waals surface area contributed by atoms with Crippen LogP contribution in [0.3, 0.4) is 0 Å². The molecule has 0 spiro atoms. The summed E-state index contributed by atoms with van der Waals surface area (Å²) in [6, 6.07) is 9.44. The predicted octanol–water partition coefficient (Wildman–Crippen LogP) is 4.02. The monoisotopic (exact) mass is 621 g/mol. The molecule has 2 fully saturated rings. The lowest BCUT2D eigenvalue weighted by Gasteiger charge is -2.32. The van der Waals surface area contributed by atoms with Crippen LogP contribution in [0.1, 0.15) is 56.8 Å². The van der Waals surface area contributed by atoms with E-state index in [9.17, 15) is 14.4 Å². The van der Waals surface area contributed by atoms with Gasteiger partial charge in [0, 0.05) is 49.8 Å². The first kappa shape index (κ1) is 30.3. The molecule has 1 atom stereocenters. The van der Waals surface area contributed by atoms with Crippen molar-refractivity contribution in [2.45, 2.75) is 70.7 Å². The van der Waals surface area contributed by atoms with E-state index in [1.165, 1.54) is 11.3 Å². The normalized spacial score (nSPS) is 17.0. The van der Waals surface area contributed by atoms with Crippen LogP contribution in [0, 0.1) is 6.92 Å². The molecular weight excluding hydrogens is 582 g/mol. The van der Waals surface area contributed by atoms with Crippen molar-refractivity contribution in [2.75, 3.05) is 33.4 Å². The first-order valence-corrected chi connectivity index (χ1v) is 16.0. The number of aromatic nitrogens is 4. The van der Waals surface area contributed by atoms with E-state index in [1.54, 1.807) is 41.3 Å². The Morgan fingerprint density at radius 1 is 1.14 bits per heavy atom. The van der Waals surface area contributed by atoms with Crippen molar-refractivity contribution < 1.29 is 19.0 Å². The van der Waals surface area contributed by atoms with Crippen LogP contribution in [0.5, 0.6) is 5.75 Å². The summed E-state index contributed by atoms with van der Waals surface area (Å²) in [7, 11) is 1.61. The van der Waals surface area contributed by atoms with Crippen LogP contribution in [0.25, 0.3) is 15.2 Å². The van der Waals surface area contributed by atoms with Gasteiger partial charge in [0.25, 0.3) is 5.56 Å². The number of rotatable bonds is 9. The summed E-state index contributed by atoms with van der Waals surface area (Å²) >= 11 is 1.33. The van der Waals surface area contributed by atoms with Gasteiger partial charge in [-0.3, -0.25) is 14.2 Å². The Morgan fingerprint density at radius 2 is 1.86 bits per heavy atom. The molecule has 3 aromatic heterocycles. The number of ether oxygens (including phenoxy) is 3.